The number of nitrogens with two attached hydrogens (primary N) is 1. The van der Waals surface area contributed by atoms with E-state index in [1.807, 2.05) is 12.2 Å². The maximum Gasteiger partial charge on any atom is 0.472 e. The van der Waals surface area contributed by atoms with Gasteiger partial charge in [0.25, 0.3) is 0 Å². The molecule has 0 saturated heterocycles. The fourth-order valence-corrected chi connectivity index (χ4v) is 5.63. The van der Waals surface area contributed by atoms with E-state index in [-0.39, 0.29) is 32.6 Å². The Bertz CT molecular complexity index is 1180. The van der Waals surface area contributed by atoms with Crippen molar-refractivity contribution in [2.24, 2.45) is 5.73 Å². The van der Waals surface area contributed by atoms with Gasteiger partial charge in [-0.1, -0.05) is 131 Å². The minimum Gasteiger partial charge on any atom is -0.462 e. The van der Waals surface area contributed by atoms with Gasteiger partial charge in [0.05, 0.1) is 19.3 Å². The Morgan fingerprint density at radius 3 is 1.89 bits per heavy atom. The van der Waals surface area contributed by atoms with E-state index in [1.54, 1.807) is 12.2 Å². The minimum atomic E-state index is -4.44. The van der Waals surface area contributed by atoms with Crippen molar-refractivity contribution < 1.29 is 42.7 Å². The Labute approximate surface area is 326 Å². The molecule has 0 bridgehead atoms. The summed E-state index contributed by atoms with van der Waals surface area (Å²) >= 11 is 0. The van der Waals surface area contributed by atoms with Gasteiger partial charge in [0, 0.05) is 19.4 Å². The van der Waals surface area contributed by atoms with Gasteiger partial charge < -0.3 is 25.2 Å². The molecule has 0 aliphatic rings. The fourth-order valence-electron chi connectivity index (χ4n) is 4.87. The number of aliphatic hydroxyl groups excluding tert-OH is 1. The number of rotatable bonds is 36. The predicted octanol–water partition coefficient (Wildman–Crippen LogP) is 10.2. The van der Waals surface area contributed by atoms with Crippen LogP contribution in [0.25, 0.3) is 0 Å². The molecule has 0 radical (unpaired) electrons. The van der Waals surface area contributed by atoms with Crippen molar-refractivity contribution in [2.45, 2.75) is 148 Å². The molecule has 0 saturated carbocycles. The van der Waals surface area contributed by atoms with Crippen LogP contribution in [0.5, 0.6) is 0 Å². The molecule has 0 heterocycles. The van der Waals surface area contributed by atoms with Crippen LogP contribution in [0.3, 0.4) is 0 Å². The molecule has 3 atom stereocenters. The highest BCUT2D eigenvalue weighted by atomic mass is 31.2. The number of hydrogen-bond acceptors (Lipinski definition) is 9. The van der Waals surface area contributed by atoms with E-state index in [0.29, 0.717) is 19.3 Å². The topological polar surface area (TPSA) is 155 Å². The Morgan fingerprint density at radius 2 is 1.24 bits per heavy atom. The lowest BCUT2D eigenvalue weighted by molar-refractivity contribution is -0.161. The summed E-state index contributed by atoms with van der Waals surface area (Å²) < 4.78 is 32.5. The molecular weight excluding hydrogens is 705 g/mol. The van der Waals surface area contributed by atoms with Crippen LogP contribution in [-0.2, 0) is 32.7 Å². The maximum absolute atomic E-state index is 12.6. The van der Waals surface area contributed by atoms with E-state index < -0.39 is 38.6 Å². The van der Waals surface area contributed by atoms with E-state index in [2.05, 4.69) is 74.6 Å². The van der Waals surface area contributed by atoms with Crippen molar-refractivity contribution in [3.05, 3.63) is 85.1 Å². The Morgan fingerprint density at radius 1 is 0.667 bits per heavy atom. The van der Waals surface area contributed by atoms with Gasteiger partial charge >= 0.3 is 19.8 Å². The van der Waals surface area contributed by atoms with Crippen molar-refractivity contribution in [2.75, 3.05) is 26.4 Å². The second kappa shape index (κ2) is 38.4. The molecule has 10 nitrogen and oxygen atoms in total. The zero-order chi connectivity index (χ0) is 39.8. The van der Waals surface area contributed by atoms with Gasteiger partial charge in [0.15, 0.2) is 6.10 Å². The summed E-state index contributed by atoms with van der Waals surface area (Å²) in [5.74, 6) is -1.06. The first-order valence-corrected chi connectivity index (χ1v) is 21.7. The lowest BCUT2D eigenvalue weighted by Gasteiger charge is -2.20. The summed E-state index contributed by atoms with van der Waals surface area (Å²) in [5, 5.41) is 10.3. The Balaban J connectivity index is 4.45. The number of unbranched alkanes of at least 4 members (excludes halogenated alkanes) is 8. The minimum absolute atomic E-state index is 0.00668. The summed E-state index contributed by atoms with van der Waals surface area (Å²) in [6.07, 6.45) is 43.6. The number of hydrogen-bond donors (Lipinski definition) is 3. The fraction of sp³-hybridized carbons (Fsp3) is 0.628. The van der Waals surface area contributed by atoms with Crippen LogP contribution in [0, 0.1) is 0 Å². The Hall–Kier alpha value is -2.85. The molecule has 308 valence electrons. The molecule has 0 amide bonds. The van der Waals surface area contributed by atoms with Crippen LogP contribution < -0.4 is 5.73 Å². The standard InChI is InChI=1S/C43H72NO9P/c1-3-5-7-9-11-13-15-17-18-20-22-24-26-28-30-34-42(46)50-38-41(39-52-54(48,49)51-37-36-44)53-43(47)35-31-33-40(45)32-29-27-25-23-21-19-16-14-12-10-8-6-4-2/h5,7,11-14,17-19,21,25,27,29,32,40-41,45H,3-4,6,8-10,15-16,20,22-24,26,28,30-31,33-39,44H2,1-2H3,(H,48,49)/b7-5-,13-11-,14-12-,18-17-,21-19-,27-25-,32-29+/t40-,41+/m0/s1. The van der Waals surface area contributed by atoms with Crippen molar-refractivity contribution in [1.29, 1.82) is 0 Å². The van der Waals surface area contributed by atoms with Crippen LogP contribution in [0.1, 0.15) is 136 Å². The molecule has 0 spiro atoms. The maximum atomic E-state index is 12.6. The highest BCUT2D eigenvalue weighted by Gasteiger charge is 2.26. The average Bonchev–Trinajstić information content (AvgIpc) is 3.15. The van der Waals surface area contributed by atoms with Crippen LogP contribution in [0.4, 0.5) is 0 Å². The number of phosphoric ester groups is 1. The monoisotopic (exact) mass is 777 g/mol. The number of carbonyl (C=O) groups excluding carboxylic acids is 2. The number of esters is 2. The SMILES string of the molecule is CC/C=C\C/C=C\C/C=C\CCCCCCCC(=O)OC[C@H](COP(=O)(O)OCCN)OC(=O)CCC[C@@H](O)/C=C/C=C\C/C=C\C/C=C\CCCCC. The van der Waals surface area contributed by atoms with Gasteiger partial charge in [-0.15, -0.1) is 0 Å². The summed E-state index contributed by atoms with van der Waals surface area (Å²) in [7, 11) is -4.44. The molecule has 0 aliphatic heterocycles. The van der Waals surface area contributed by atoms with E-state index in [0.717, 1.165) is 70.6 Å². The van der Waals surface area contributed by atoms with E-state index >= 15 is 0 Å². The molecule has 0 aliphatic carbocycles. The third-order valence-corrected chi connectivity index (χ3v) is 8.85. The predicted molar refractivity (Wildman–Crippen MR) is 221 cm³/mol. The van der Waals surface area contributed by atoms with Crippen LogP contribution in [0.2, 0.25) is 0 Å². The molecule has 54 heavy (non-hydrogen) atoms. The number of phosphoric acid groups is 1. The molecule has 0 aromatic rings. The van der Waals surface area contributed by atoms with Gasteiger partial charge in [-0.2, -0.15) is 0 Å². The quantitative estimate of drug-likeness (QED) is 0.0184. The van der Waals surface area contributed by atoms with Gasteiger partial charge in [0.2, 0.25) is 0 Å². The summed E-state index contributed by atoms with van der Waals surface area (Å²) in [4.78, 5) is 34.8. The number of allylic oxidation sites excluding steroid dienone is 13. The van der Waals surface area contributed by atoms with E-state index in [9.17, 15) is 24.2 Å². The van der Waals surface area contributed by atoms with Gasteiger partial charge in [-0.25, -0.2) is 4.57 Å². The molecule has 0 rings (SSSR count). The zero-order valence-electron chi connectivity index (χ0n) is 33.3. The molecule has 0 aromatic heterocycles. The normalized spacial score (nSPS) is 14.8. The van der Waals surface area contributed by atoms with Gasteiger partial charge in [-0.05, 0) is 77.0 Å². The molecular formula is C43H72NO9P. The van der Waals surface area contributed by atoms with E-state index in [1.165, 1.54) is 19.3 Å². The number of ether oxygens (including phenoxy) is 2. The Kier molecular flexibility index (Phi) is 36.4. The molecule has 4 N–H and O–H groups in total. The lowest BCUT2D eigenvalue weighted by Crippen LogP contribution is -2.29. The van der Waals surface area contributed by atoms with Gasteiger partial charge in [0.1, 0.15) is 6.61 Å². The first kappa shape index (κ1) is 51.1. The summed E-state index contributed by atoms with van der Waals surface area (Å²) in [5.41, 5.74) is 5.32. The summed E-state index contributed by atoms with van der Waals surface area (Å²) in [6.45, 7) is 3.31. The zero-order valence-corrected chi connectivity index (χ0v) is 34.2. The smallest absolute Gasteiger partial charge is 0.462 e. The number of carbonyl (C=O) groups is 2. The average molecular weight is 778 g/mol. The molecule has 11 heteroatoms. The van der Waals surface area contributed by atoms with Crippen LogP contribution >= 0.6 is 7.82 Å². The highest BCUT2D eigenvalue weighted by Crippen LogP contribution is 2.43. The van der Waals surface area contributed by atoms with Crippen molar-refractivity contribution in [3.63, 3.8) is 0 Å². The second-order valence-corrected chi connectivity index (χ2v) is 14.4. The molecule has 0 aromatic carbocycles. The van der Waals surface area contributed by atoms with E-state index in [4.69, 9.17) is 24.3 Å². The van der Waals surface area contributed by atoms with Crippen LogP contribution in [-0.4, -0.2) is 60.5 Å². The molecule has 0 fully saturated rings. The van der Waals surface area contributed by atoms with Crippen LogP contribution in [0.15, 0.2) is 85.1 Å². The van der Waals surface area contributed by atoms with Gasteiger partial charge in [-0.3, -0.25) is 18.6 Å². The lowest BCUT2D eigenvalue weighted by atomic mass is 10.1. The first-order valence-electron chi connectivity index (χ1n) is 20.2. The second-order valence-electron chi connectivity index (χ2n) is 13.0. The van der Waals surface area contributed by atoms with Crippen molar-refractivity contribution >= 4 is 19.8 Å². The summed E-state index contributed by atoms with van der Waals surface area (Å²) in [6, 6.07) is 0. The third-order valence-electron chi connectivity index (χ3n) is 7.87. The van der Waals surface area contributed by atoms with Crippen molar-refractivity contribution in [1.82, 2.24) is 0 Å². The number of aliphatic hydroxyl groups is 1. The van der Waals surface area contributed by atoms with Crippen molar-refractivity contribution in [3.8, 4) is 0 Å². The third kappa shape index (κ3) is 37.5. The molecule has 1 unspecified atom stereocenters. The first-order chi connectivity index (χ1) is 26.2. The highest BCUT2D eigenvalue weighted by molar-refractivity contribution is 7.47. The largest absolute Gasteiger partial charge is 0.472 e.